The third-order valence-corrected chi connectivity index (χ3v) is 3.20. The van der Waals surface area contributed by atoms with Crippen LogP contribution in [0.4, 0.5) is 0 Å². The summed E-state index contributed by atoms with van der Waals surface area (Å²) < 4.78 is 5.55. The van der Waals surface area contributed by atoms with Gasteiger partial charge in [-0.25, -0.2) is 4.79 Å². The highest BCUT2D eigenvalue weighted by Gasteiger charge is 2.16. The van der Waals surface area contributed by atoms with Gasteiger partial charge in [-0.15, -0.1) is 0 Å². The van der Waals surface area contributed by atoms with Crippen LogP contribution in [-0.2, 0) is 6.61 Å². The monoisotopic (exact) mass is 310 g/mol. The molecule has 0 atom stereocenters. The Morgan fingerprint density at radius 1 is 1.25 bits per heavy atom. The molecule has 2 aromatic carbocycles. The van der Waals surface area contributed by atoms with Gasteiger partial charge in [0.15, 0.2) is 5.75 Å². The Labute approximate surface area is 126 Å². The van der Waals surface area contributed by atoms with Crippen LogP contribution in [0, 0.1) is 6.92 Å². The van der Waals surface area contributed by atoms with Gasteiger partial charge in [0.25, 0.3) is 0 Å². The molecule has 0 aliphatic rings. The lowest BCUT2D eigenvalue weighted by atomic mass is 10.1. The molecule has 0 aromatic heterocycles. The smallest absolute Gasteiger partial charge is 0.339 e. The molecule has 0 heterocycles. The lowest BCUT2D eigenvalue weighted by Crippen LogP contribution is -2.04. The van der Waals surface area contributed by atoms with Gasteiger partial charge in [-0.3, -0.25) is 0 Å². The van der Waals surface area contributed by atoms with E-state index < -0.39 is 5.97 Å². The van der Waals surface area contributed by atoms with Crippen LogP contribution in [0.15, 0.2) is 36.4 Å². The molecular formula is C15H12Cl2O3. The molecule has 0 spiro atoms. The van der Waals surface area contributed by atoms with E-state index in [1.54, 1.807) is 0 Å². The lowest BCUT2D eigenvalue weighted by Gasteiger charge is -2.12. The second kappa shape index (κ2) is 6.16. The Balaban J connectivity index is 2.27. The van der Waals surface area contributed by atoms with Crippen LogP contribution >= 0.6 is 23.2 Å². The minimum atomic E-state index is -1.13. The first-order valence-corrected chi connectivity index (χ1v) is 6.63. The molecule has 0 unspecified atom stereocenters. The quantitative estimate of drug-likeness (QED) is 0.899. The fourth-order valence-corrected chi connectivity index (χ4v) is 2.37. The zero-order chi connectivity index (χ0) is 14.7. The summed E-state index contributed by atoms with van der Waals surface area (Å²) in [6, 6.07) is 10.5. The van der Waals surface area contributed by atoms with Crippen molar-refractivity contribution >= 4 is 29.2 Å². The van der Waals surface area contributed by atoms with E-state index in [4.69, 9.17) is 33.0 Å². The average molecular weight is 311 g/mol. The van der Waals surface area contributed by atoms with Crippen molar-refractivity contribution in [3.05, 3.63) is 63.1 Å². The van der Waals surface area contributed by atoms with E-state index >= 15 is 0 Å². The van der Waals surface area contributed by atoms with Gasteiger partial charge in [-0.05, 0) is 24.6 Å². The fraction of sp³-hybridized carbons (Fsp3) is 0.133. The van der Waals surface area contributed by atoms with E-state index in [1.165, 1.54) is 12.1 Å². The van der Waals surface area contributed by atoms with Gasteiger partial charge >= 0.3 is 5.97 Å². The Hall–Kier alpha value is -1.71. The molecule has 5 heteroatoms. The molecule has 0 saturated carbocycles. The standard InChI is InChI=1S/C15H12Cl2O3/c1-9-3-2-4-10(5-9)8-20-14-12(15(18)19)6-11(16)7-13(14)17/h2-7H,8H2,1H3,(H,18,19). The summed E-state index contributed by atoms with van der Waals surface area (Å²) in [7, 11) is 0. The number of carboxylic acid groups (broad SMARTS) is 1. The fourth-order valence-electron chi connectivity index (χ4n) is 1.82. The first-order chi connectivity index (χ1) is 9.47. The molecule has 0 bridgehead atoms. The van der Waals surface area contributed by atoms with Crippen molar-refractivity contribution in [3.8, 4) is 5.75 Å². The van der Waals surface area contributed by atoms with Crippen molar-refractivity contribution in [2.24, 2.45) is 0 Å². The highest BCUT2D eigenvalue weighted by Crippen LogP contribution is 2.33. The van der Waals surface area contributed by atoms with E-state index in [-0.39, 0.29) is 28.0 Å². The number of aromatic carboxylic acids is 1. The summed E-state index contributed by atoms with van der Waals surface area (Å²) in [4.78, 5) is 11.2. The zero-order valence-electron chi connectivity index (χ0n) is 10.7. The number of carboxylic acids is 1. The summed E-state index contributed by atoms with van der Waals surface area (Å²) in [6.45, 7) is 2.21. The number of rotatable bonds is 4. The van der Waals surface area contributed by atoms with Crippen LogP contribution in [0.1, 0.15) is 21.5 Å². The molecule has 20 heavy (non-hydrogen) atoms. The molecule has 1 N–H and O–H groups in total. The maximum Gasteiger partial charge on any atom is 0.339 e. The normalized spacial score (nSPS) is 10.3. The maximum absolute atomic E-state index is 11.2. The Bertz CT molecular complexity index is 654. The number of hydrogen-bond donors (Lipinski definition) is 1. The van der Waals surface area contributed by atoms with Crippen molar-refractivity contribution in [1.82, 2.24) is 0 Å². The third kappa shape index (κ3) is 3.44. The molecule has 104 valence electrons. The van der Waals surface area contributed by atoms with Gasteiger partial charge in [0.2, 0.25) is 0 Å². The van der Waals surface area contributed by atoms with Crippen LogP contribution in [0.2, 0.25) is 10.0 Å². The Kier molecular flexibility index (Phi) is 4.53. The van der Waals surface area contributed by atoms with Gasteiger partial charge in [0.1, 0.15) is 12.2 Å². The number of benzene rings is 2. The molecule has 0 amide bonds. The summed E-state index contributed by atoms with van der Waals surface area (Å²) >= 11 is 11.8. The predicted molar refractivity (Wildman–Crippen MR) is 78.9 cm³/mol. The van der Waals surface area contributed by atoms with Gasteiger partial charge in [0.05, 0.1) is 5.02 Å². The number of ether oxygens (including phenoxy) is 1. The summed E-state index contributed by atoms with van der Waals surface area (Å²) in [5.41, 5.74) is 1.99. The SMILES string of the molecule is Cc1cccc(COc2c(Cl)cc(Cl)cc2C(=O)O)c1. The minimum absolute atomic E-state index is 0.0462. The van der Waals surface area contributed by atoms with Gasteiger partial charge in [-0.1, -0.05) is 53.0 Å². The van der Waals surface area contributed by atoms with Crippen molar-refractivity contribution in [2.45, 2.75) is 13.5 Å². The van der Waals surface area contributed by atoms with E-state index in [0.29, 0.717) is 0 Å². The molecule has 0 fully saturated rings. The van der Waals surface area contributed by atoms with Crippen LogP contribution in [0.3, 0.4) is 0 Å². The second-order valence-electron chi connectivity index (χ2n) is 4.35. The minimum Gasteiger partial charge on any atom is -0.486 e. The van der Waals surface area contributed by atoms with E-state index in [9.17, 15) is 4.79 Å². The van der Waals surface area contributed by atoms with Gasteiger partial charge < -0.3 is 9.84 Å². The van der Waals surface area contributed by atoms with E-state index in [0.717, 1.165) is 11.1 Å². The number of carbonyl (C=O) groups is 1. The number of hydrogen-bond acceptors (Lipinski definition) is 2. The van der Waals surface area contributed by atoms with Crippen LogP contribution in [-0.4, -0.2) is 11.1 Å². The molecule has 0 aliphatic carbocycles. The first-order valence-electron chi connectivity index (χ1n) is 5.88. The van der Waals surface area contributed by atoms with Crippen LogP contribution in [0.25, 0.3) is 0 Å². The van der Waals surface area contributed by atoms with Crippen molar-refractivity contribution in [1.29, 1.82) is 0 Å². The van der Waals surface area contributed by atoms with Gasteiger partial charge in [-0.2, -0.15) is 0 Å². The molecular weight excluding hydrogens is 299 g/mol. The predicted octanol–water partition coefficient (Wildman–Crippen LogP) is 4.58. The first kappa shape index (κ1) is 14.7. The van der Waals surface area contributed by atoms with Crippen molar-refractivity contribution < 1.29 is 14.6 Å². The number of aryl methyl sites for hydroxylation is 1. The molecule has 2 rings (SSSR count). The van der Waals surface area contributed by atoms with Crippen LogP contribution < -0.4 is 4.74 Å². The Morgan fingerprint density at radius 3 is 2.65 bits per heavy atom. The zero-order valence-corrected chi connectivity index (χ0v) is 12.2. The topological polar surface area (TPSA) is 46.5 Å². The average Bonchev–Trinajstić information content (AvgIpc) is 2.36. The largest absolute Gasteiger partial charge is 0.486 e. The van der Waals surface area contributed by atoms with Gasteiger partial charge in [0, 0.05) is 5.02 Å². The molecule has 2 aromatic rings. The third-order valence-electron chi connectivity index (χ3n) is 2.70. The van der Waals surface area contributed by atoms with E-state index in [2.05, 4.69) is 0 Å². The highest BCUT2D eigenvalue weighted by atomic mass is 35.5. The summed E-state index contributed by atoms with van der Waals surface area (Å²) in [5, 5.41) is 9.60. The Morgan fingerprint density at radius 2 is 2.00 bits per heavy atom. The summed E-state index contributed by atoms with van der Waals surface area (Å²) in [6.07, 6.45) is 0. The molecule has 3 nitrogen and oxygen atoms in total. The van der Waals surface area contributed by atoms with E-state index in [1.807, 2.05) is 31.2 Å². The highest BCUT2D eigenvalue weighted by molar-refractivity contribution is 6.36. The molecule has 0 saturated heterocycles. The molecule has 0 aliphatic heterocycles. The van der Waals surface area contributed by atoms with Crippen molar-refractivity contribution in [3.63, 3.8) is 0 Å². The lowest BCUT2D eigenvalue weighted by molar-refractivity contribution is 0.0691. The second-order valence-corrected chi connectivity index (χ2v) is 5.19. The van der Waals surface area contributed by atoms with Crippen molar-refractivity contribution in [2.75, 3.05) is 0 Å². The number of halogens is 2. The maximum atomic E-state index is 11.2. The molecule has 0 radical (unpaired) electrons. The van der Waals surface area contributed by atoms with Crippen LogP contribution in [0.5, 0.6) is 5.75 Å². The summed E-state index contributed by atoms with van der Waals surface area (Å²) in [5.74, 6) is -1.00.